The van der Waals surface area contributed by atoms with Crippen molar-refractivity contribution in [2.75, 3.05) is 0 Å². The van der Waals surface area contributed by atoms with E-state index in [0.29, 0.717) is 30.6 Å². The number of nitrogens with zero attached hydrogens (tertiary/aromatic N) is 2. The summed E-state index contributed by atoms with van der Waals surface area (Å²) in [5.74, 6) is -0.149. The van der Waals surface area contributed by atoms with Gasteiger partial charge in [0.15, 0.2) is 5.78 Å². The maximum absolute atomic E-state index is 14.2. The van der Waals surface area contributed by atoms with E-state index < -0.39 is 5.67 Å². The quantitative estimate of drug-likeness (QED) is 0.701. The summed E-state index contributed by atoms with van der Waals surface area (Å²) in [6, 6.07) is 0. The van der Waals surface area contributed by atoms with E-state index in [0.717, 1.165) is 5.69 Å². The fourth-order valence-corrected chi connectivity index (χ4v) is 2.28. The third kappa shape index (κ3) is 1.39. The van der Waals surface area contributed by atoms with Crippen molar-refractivity contribution in [2.45, 2.75) is 45.8 Å². The lowest BCUT2D eigenvalue weighted by atomic mass is 9.99. The molecule has 0 radical (unpaired) electrons. The highest BCUT2D eigenvalue weighted by Gasteiger charge is 2.41. The predicted molar refractivity (Wildman–Crippen MR) is 54.7 cm³/mol. The molecule has 4 heteroatoms. The third-order valence-electron chi connectivity index (χ3n) is 3.04. The molecule has 0 N–H and O–H groups in total. The van der Waals surface area contributed by atoms with Crippen LogP contribution in [0.5, 0.6) is 0 Å². The zero-order valence-corrected chi connectivity index (χ0v) is 9.30. The van der Waals surface area contributed by atoms with Gasteiger partial charge in [-0.25, -0.2) is 4.39 Å². The van der Waals surface area contributed by atoms with Crippen LogP contribution in [0, 0.1) is 0 Å². The van der Waals surface area contributed by atoms with Gasteiger partial charge in [0.25, 0.3) is 0 Å². The van der Waals surface area contributed by atoms with Gasteiger partial charge in [-0.15, -0.1) is 0 Å². The summed E-state index contributed by atoms with van der Waals surface area (Å²) in [7, 11) is 0. The van der Waals surface area contributed by atoms with Gasteiger partial charge in [-0.3, -0.25) is 9.48 Å². The Balaban J connectivity index is 2.65. The molecule has 0 spiro atoms. The molecule has 1 unspecified atom stereocenters. The first-order chi connectivity index (χ1) is 6.97. The first-order valence-corrected chi connectivity index (χ1v) is 5.27. The molecule has 0 amide bonds. The van der Waals surface area contributed by atoms with Crippen LogP contribution in [0.3, 0.4) is 0 Å². The second-order valence-electron chi connectivity index (χ2n) is 4.24. The molecule has 1 aromatic rings. The van der Waals surface area contributed by atoms with Gasteiger partial charge in [0.1, 0.15) is 11.4 Å². The smallest absolute Gasteiger partial charge is 0.180 e. The average molecular weight is 210 g/mol. The maximum atomic E-state index is 14.2. The summed E-state index contributed by atoms with van der Waals surface area (Å²) in [4.78, 5) is 11.4. The number of halogens is 1. The highest BCUT2D eigenvalue weighted by Crippen LogP contribution is 2.41. The lowest BCUT2D eigenvalue weighted by Crippen LogP contribution is -2.14. The van der Waals surface area contributed by atoms with E-state index in [1.807, 2.05) is 6.92 Å². The van der Waals surface area contributed by atoms with Crippen molar-refractivity contribution in [1.29, 1.82) is 0 Å². The minimum atomic E-state index is -1.39. The second-order valence-corrected chi connectivity index (χ2v) is 4.24. The Morgan fingerprint density at radius 2 is 2.33 bits per heavy atom. The van der Waals surface area contributed by atoms with Crippen LogP contribution in [0.2, 0.25) is 0 Å². The first kappa shape index (κ1) is 10.3. The molecule has 82 valence electrons. The van der Waals surface area contributed by atoms with Crippen LogP contribution in [0.25, 0.3) is 0 Å². The van der Waals surface area contributed by atoms with Crippen LogP contribution in [-0.2, 0) is 18.6 Å². The number of carbonyl (C=O) groups is 1. The van der Waals surface area contributed by atoms with Crippen molar-refractivity contribution in [1.82, 2.24) is 9.78 Å². The van der Waals surface area contributed by atoms with Crippen LogP contribution in [-0.4, -0.2) is 15.6 Å². The molecule has 0 saturated carbocycles. The van der Waals surface area contributed by atoms with Crippen molar-refractivity contribution >= 4 is 5.78 Å². The zero-order chi connectivity index (χ0) is 11.2. The SMILES string of the molecule is CCn1nc(C(C)=O)c2c1CCC2(C)F. The molecule has 1 atom stereocenters. The van der Waals surface area contributed by atoms with Gasteiger partial charge in [-0.05, 0) is 26.7 Å². The second kappa shape index (κ2) is 3.15. The van der Waals surface area contributed by atoms with Crippen LogP contribution in [0.1, 0.15) is 48.9 Å². The lowest BCUT2D eigenvalue weighted by molar-refractivity contribution is 0.0999. The molecule has 15 heavy (non-hydrogen) atoms. The minimum Gasteiger partial charge on any atom is -0.293 e. The lowest BCUT2D eigenvalue weighted by Gasteiger charge is -2.12. The van der Waals surface area contributed by atoms with Gasteiger partial charge in [-0.1, -0.05) is 0 Å². The van der Waals surface area contributed by atoms with Crippen molar-refractivity contribution in [3.8, 4) is 0 Å². The molecule has 2 rings (SSSR count). The fourth-order valence-electron chi connectivity index (χ4n) is 2.28. The standard InChI is InChI=1S/C11H15FN2O/c1-4-14-8-5-6-11(3,12)9(8)10(13-14)7(2)15/h4-6H2,1-3H3. The molecule has 0 aromatic carbocycles. The number of carbonyl (C=O) groups excluding carboxylic acids is 1. The fraction of sp³-hybridized carbons (Fsp3) is 0.636. The number of rotatable bonds is 2. The summed E-state index contributed by atoms with van der Waals surface area (Å²) >= 11 is 0. The normalized spacial score (nSPS) is 24.3. The summed E-state index contributed by atoms with van der Waals surface area (Å²) in [6.45, 7) is 5.61. The van der Waals surface area contributed by atoms with Crippen molar-refractivity contribution in [3.05, 3.63) is 17.0 Å². The van der Waals surface area contributed by atoms with E-state index in [1.165, 1.54) is 13.8 Å². The first-order valence-electron chi connectivity index (χ1n) is 5.27. The van der Waals surface area contributed by atoms with Gasteiger partial charge in [0, 0.05) is 24.7 Å². The molecule has 0 aliphatic heterocycles. The van der Waals surface area contributed by atoms with Gasteiger partial charge in [0.2, 0.25) is 0 Å². The van der Waals surface area contributed by atoms with Crippen LogP contribution < -0.4 is 0 Å². The zero-order valence-electron chi connectivity index (χ0n) is 9.30. The number of alkyl halides is 1. The van der Waals surface area contributed by atoms with Crippen LogP contribution in [0.4, 0.5) is 4.39 Å². The van der Waals surface area contributed by atoms with Gasteiger partial charge in [-0.2, -0.15) is 5.10 Å². The molecule has 3 nitrogen and oxygen atoms in total. The Labute approximate surface area is 88.3 Å². The number of ketones is 1. The topological polar surface area (TPSA) is 34.9 Å². The van der Waals surface area contributed by atoms with E-state index in [9.17, 15) is 9.18 Å². The van der Waals surface area contributed by atoms with E-state index >= 15 is 0 Å². The third-order valence-corrected chi connectivity index (χ3v) is 3.04. The molecule has 1 aliphatic carbocycles. The van der Waals surface area contributed by atoms with Gasteiger partial charge < -0.3 is 0 Å². The number of hydrogen-bond acceptors (Lipinski definition) is 2. The summed E-state index contributed by atoms with van der Waals surface area (Å²) in [5, 5.41) is 4.17. The Morgan fingerprint density at radius 3 is 2.87 bits per heavy atom. The predicted octanol–water partition coefficient (Wildman–Crippen LogP) is 2.24. The Hall–Kier alpha value is -1.19. The highest BCUT2D eigenvalue weighted by molar-refractivity contribution is 5.94. The number of aromatic nitrogens is 2. The number of hydrogen-bond donors (Lipinski definition) is 0. The van der Waals surface area contributed by atoms with Crippen LogP contribution >= 0.6 is 0 Å². The van der Waals surface area contributed by atoms with E-state index in [1.54, 1.807) is 4.68 Å². The molecule has 1 aromatic heterocycles. The van der Waals surface area contributed by atoms with E-state index in [2.05, 4.69) is 5.10 Å². The molecule has 0 fully saturated rings. The highest BCUT2D eigenvalue weighted by atomic mass is 19.1. The monoisotopic (exact) mass is 210 g/mol. The molecular formula is C11H15FN2O. The minimum absolute atomic E-state index is 0.149. The summed E-state index contributed by atoms with van der Waals surface area (Å²) in [6.07, 6.45) is 1.14. The molecule has 0 bridgehead atoms. The average Bonchev–Trinajstić information content (AvgIpc) is 2.65. The maximum Gasteiger partial charge on any atom is 0.180 e. The Morgan fingerprint density at radius 1 is 1.67 bits per heavy atom. The Kier molecular flexibility index (Phi) is 2.17. The van der Waals surface area contributed by atoms with Crippen LogP contribution in [0.15, 0.2) is 0 Å². The van der Waals surface area contributed by atoms with Crippen molar-refractivity contribution in [2.24, 2.45) is 0 Å². The molecule has 1 aliphatic rings. The van der Waals surface area contributed by atoms with Gasteiger partial charge in [0.05, 0.1) is 0 Å². The summed E-state index contributed by atoms with van der Waals surface area (Å²) in [5.41, 5.74) is 0.350. The largest absolute Gasteiger partial charge is 0.293 e. The molecule has 0 saturated heterocycles. The van der Waals surface area contributed by atoms with E-state index in [4.69, 9.17) is 0 Å². The van der Waals surface area contributed by atoms with E-state index in [-0.39, 0.29) is 5.78 Å². The number of fused-ring (bicyclic) bond motifs is 1. The van der Waals surface area contributed by atoms with Crippen molar-refractivity contribution < 1.29 is 9.18 Å². The van der Waals surface area contributed by atoms with Gasteiger partial charge >= 0.3 is 0 Å². The number of Topliss-reactive ketones (excluding diaryl/α,β-unsaturated/α-hetero) is 1. The number of aryl methyl sites for hydroxylation is 1. The summed E-state index contributed by atoms with van der Waals surface area (Å²) < 4.78 is 15.9. The molecule has 1 heterocycles. The Bertz CT molecular complexity index is 420. The molecular weight excluding hydrogens is 195 g/mol. The van der Waals surface area contributed by atoms with Crippen molar-refractivity contribution in [3.63, 3.8) is 0 Å².